The number of halogens is 1. The van der Waals surface area contributed by atoms with E-state index in [1.807, 2.05) is 36.4 Å². The van der Waals surface area contributed by atoms with Crippen LogP contribution in [0.3, 0.4) is 0 Å². The number of ether oxygens (including phenoxy) is 2. The number of carbonyl (C=O) groups is 1. The van der Waals surface area contributed by atoms with Gasteiger partial charge in [0.2, 0.25) is 0 Å². The minimum absolute atomic E-state index is 0.0571. The Morgan fingerprint density at radius 3 is 1.95 bits per heavy atom. The summed E-state index contributed by atoms with van der Waals surface area (Å²) in [6.45, 7) is 6.79. The molecule has 0 spiro atoms. The number of phenolic OH excluding ortho intramolecular Hbond substituents is 1. The zero-order chi connectivity index (χ0) is 26.8. The number of benzene rings is 4. The lowest BCUT2D eigenvalue weighted by Gasteiger charge is -2.43. The third-order valence-corrected chi connectivity index (χ3v) is 12.2. The smallest absolute Gasteiger partial charge is 0.342 e. The fraction of sp³-hybridized carbons (Fsp3) is 0.233. The Bertz CT molecular complexity index is 1380. The predicted molar refractivity (Wildman–Crippen MR) is 151 cm³/mol. The standard InChI is InChI=1S/C30H31ClO5Si/c1-30(2,3)37(20-12-8-6-9-13-20,21-14-10-7-11-15-21)36-19-24-22-16-17-25(32)27(29(33)35-5)23(22)18-26(34-4)28(24)31/h6-18,32H,19H2,1-5H3. The molecule has 0 unspecified atom stereocenters. The molecule has 0 heterocycles. The highest BCUT2D eigenvalue weighted by atomic mass is 35.5. The number of rotatable bonds is 7. The molecular formula is C30H31ClO5Si. The summed E-state index contributed by atoms with van der Waals surface area (Å²) in [4.78, 5) is 12.6. The number of hydrogen-bond donors (Lipinski definition) is 1. The maximum atomic E-state index is 12.6. The van der Waals surface area contributed by atoms with Crippen molar-refractivity contribution in [2.75, 3.05) is 14.2 Å². The maximum Gasteiger partial charge on any atom is 0.342 e. The molecule has 5 nitrogen and oxygen atoms in total. The minimum Gasteiger partial charge on any atom is -0.507 e. The van der Waals surface area contributed by atoms with Gasteiger partial charge in [0, 0.05) is 10.9 Å². The molecule has 0 aliphatic carbocycles. The molecule has 1 N–H and O–H groups in total. The first-order valence-electron chi connectivity index (χ1n) is 12.0. The van der Waals surface area contributed by atoms with Gasteiger partial charge in [0.1, 0.15) is 17.1 Å². The molecule has 37 heavy (non-hydrogen) atoms. The molecule has 0 radical (unpaired) electrons. The van der Waals surface area contributed by atoms with Crippen LogP contribution < -0.4 is 15.1 Å². The molecule has 0 saturated heterocycles. The van der Waals surface area contributed by atoms with Crippen molar-refractivity contribution in [3.8, 4) is 11.5 Å². The van der Waals surface area contributed by atoms with Gasteiger partial charge in [-0.25, -0.2) is 4.79 Å². The van der Waals surface area contributed by atoms with Crippen molar-refractivity contribution in [2.45, 2.75) is 32.4 Å². The highest BCUT2D eigenvalue weighted by Crippen LogP contribution is 2.42. The summed E-state index contributed by atoms with van der Waals surface area (Å²) in [6.07, 6.45) is 0. The Kier molecular flexibility index (Phi) is 7.64. The number of phenols is 1. The van der Waals surface area contributed by atoms with E-state index >= 15 is 0 Å². The molecule has 0 saturated carbocycles. The molecule has 0 atom stereocenters. The fourth-order valence-corrected chi connectivity index (χ4v) is 9.84. The molecule has 0 aliphatic heterocycles. The maximum absolute atomic E-state index is 12.6. The third kappa shape index (κ3) is 4.72. The lowest BCUT2D eigenvalue weighted by atomic mass is 9.98. The first-order valence-corrected chi connectivity index (χ1v) is 14.3. The molecule has 0 aliphatic rings. The van der Waals surface area contributed by atoms with Crippen LogP contribution in [0, 0.1) is 0 Å². The summed E-state index contributed by atoms with van der Waals surface area (Å²) in [6, 6.07) is 25.5. The Morgan fingerprint density at radius 1 is 0.892 bits per heavy atom. The average Bonchev–Trinajstić information content (AvgIpc) is 2.89. The zero-order valence-electron chi connectivity index (χ0n) is 21.7. The Hall–Kier alpha value is -3.32. The summed E-state index contributed by atoms with van der Waals surface area (Å²) in [5.41, 5.74) is 0.732. The number of hydrogen-bond acceptors (Lipinski definition) is 5. The minimum atomic E-state index is -2.86. The van der Waals surface area contributed by atoms with E-state index in [2.05, 4.69) is 45.0 Å². The van der Waals surface area contributed by atoms with Crippen molar-refractivity contribution in [2.24, 2.45) is 0 Å². The van der Waals surface area contributed by atoms with Crippen molar-refractivity contribution in [1.29, 1.82) is 0 Å². The van der Waals surface area contributed by atoms with E-state index in [1.165, 1.54) is 20.3 Å². The van der Waals surface area contributed by atoms with E-state index in [1.54, 1.807) is 12.1 Å². The van der Waals surface area contributed by atoms with Crippen molar-refractivity contribution < 1.29 is 23.8 Å². The summed E-state index contributed by atoms with van der Waals surface area (Å²) in [5, 5.41) is 14.1. The van der Waals surface area contributed by atoms with E-state index in [0.29, 0.717) is 27.1 Å². The van der Waals surface area contributed by atoms with Gasteiger partial charge in [-0.3, -0.25) is 0 Å². The van der Waals surface area contributed by atoms with Crippen molar-refractivity contribution >= 4 is 47.0 Å². The van der Waals surface area contributed by atoms with E-state index in [-0.39, 0.29) is 23.0 Å². The van der Waals surface area contributed by atoms with E-state index in [9.17, 15) is 9.90 Å². The lowest BCUT2D eigenvalue weighted by Crippen LogP contribution is -2.66. The van der Waals surface area contributed by atoms with E-state index in [4.69, 9.17) is 25.5 Å². The number of carbonyl (C=O) groups excluding carboxylic acids is 1. The summed E-state index contributed by atoms with van der Waals surface area (Å²) < 4.78 is 17.6. The van der Waals surface area contributed by atoms with E-state index in [0.717, 1.165) is 10.4 Å². The average molecular weight is 535 g/mol. The zero-order valence-corrected chi connectivity index (χ0v) is 23.4. The number of esters is 1. The quantitative estimate of drug-likeness (QED) is 0.230. The van der Waals surface area contributed by atoms with Gasteiger partial charge in [-0.2, -0.15) is 0 Å². The molecule has 0 bridgehead atoms. The largest absolute Gasteiger partial charge is 0.507 e. The van der Waals surface area contributed by atoms with Crippen LogP contribution >= 0.6 is 11.6 Å². The van der Waals surface area contributed by atoms with Gasteiger partial charge < -0.3 is 19.0 Å². The van der Waals surface area contributed by atoms with Gasteiger partial charge in [0.05, 0.1) is 25.8 Å². The van der Waals surface area contributed by atoms with Crippen molar-refractivity contribution in [1.82, 2.24) is 0 Å². The Morgan fingerprint density at radius 2 is 1.46 bits per heavy atom. The molecule has 0 fully saturated rings. The van der Waals surface area contributed by atoms with Gasteiger partial charge >= 0.3 is 5.97 Å². The molecule has 7 heteroatoms. The fourth-order valence-electron chi connectivity index (χ4n) is 5.03. The van der Waals surface area contributed by atoms with Crippen molar-refractivity contribution in [3.63, 3.8) is 0 Å². The summed E-state index contributed by atoms with van der Waals surface area (Å²) >= 11 is 6.86. The first kappa shape index (κ1) is 26.7. The molecular weight excluding hydrogens is 504 g/mol. The third-order valence-electron chi connectivity index (χ3n) is 6.76. The van der Waals surface area contributed by atoms with Crippen LogP contribution in [0.1, 0.15) is 36.7 Å². The van der Waals surface area contributed by atoms with Gasteiger partial charge in [0.15, 0.2) is 0 Å². The number of fused-ring (bicyclic) bond motifs is 1. The normalized spacial score (nSPS) is 11.9. The van der Waals surface area contributed by atoms with Gasteiger partial charge in [-0.05, 0) is 32.9 Å². The van der Waals surface area contributed by atoms with Crippen LogP contribution in [-0.4, -0.2) is 33.6 Å². The SMILES string of the molecule is COC(=O)c1c(O)ccc2c(CO[Si](c3ccccc3)(c3ccccc3)C(C)(C)C)c(Cl)c(OC)cc12. The highest BCUT2D eigenvalue weighted by Gasteiger charge is 2.50. The van der Waals surface area contributed by atoms with E-state index < -0.39 is 14.3 Å². The van der Waals surface area contributed by atoms with Crippen LogP contribution in [0.5, 0.6) is 11.5 Å². The summed E-state index contributed by atoms with van der Waals surface area (Å²) in [5.74, 6) is -0.445. The van der Waals surface area contributed by atoms with Crippen LogP contribution in [-0.2, 0) is 15.8 Å². The topological polar surface area (TPSA) is 65.0 Å². The number of methoxy groups -OCH3 is 2. The first-order chi connectivity index (χ1) is 17.7. The molecule has 4 aromatic carbocycles. The molecule has 4 rings (SSSR count). The van der Waals surface area contributed by atoms with Crippen LogP contribution in [0.4, 0.5) is 0 Å². The lowest BCUT2D eigenvalue weighted by molar-refractivity contribution is 0.0600. The second-order valence-corrected chi connectivity index (χ2v) is 14.6. The summed E-state index contributed by atoms with van der Waals surface area (Å²) in [7, 11) is -0.0708. The second-order valence-electron chi connectivity index (χ2n) is 9.87. The Labute approximate surface area is 223 Å². The van der Waals surface area contributed by atoms with Crippen molar-refractivity contribution in [3.05, 3.63) is 95.0 Å². The molecule has 192 valence electrons. The molecule has 0 amide bonds. The van der Waals surface area contributed by atoms with Gasteiger partial charge in [-0.15, -0.1) is 0 Å². The van der Waals surface area contributed by atoms with Crippen LogP contribution in [0.2, 0.25) is 10.1 Å². The Balaban J connectivity index is 1.96. The number of aromatic hydroxyl groups is 1. The van der Waals surface area contributed by atoms with Gasteiger partial charge in [-0.1, -0.05) is 99.1 Å². The second kappa shape index (κ2) is 10.6. The predicted octanol–water partition coefficient (Wildman–Crippen LogP) is 6.07. The molecule has 4 aromatic rings. The van der Waals surface area contributed by atoms with Crippen LogP contribution in [0.25, 0.3) is 10.8 Å². The van der Waals surface area contributed by atoms with Gasteiger partial charge in [0.25, 0.3) is 8.32 Å². The monoisotopic (exact) mass is 534 g/mol. The molecule has 0 aromatic heterocycles. The van der Waals surface area contributed by atoms with Crippen LogP contribution in [0.15, 0.2) is 78.9 Å². The highest BCUT2D eigenvalue weighted by molar-refractivity contribution is 6.99.